The number of nitrogens with one attached hydrogen (secondary N) is 1. The van der Waals surface area contributed by atoms with E-state index < -0.39 is 0 Å². The Labute approximate surface area is 116 Å². The molecule has 0 radical (unpaired) electrons. The van der Waals surface area contributed by atoms with Crippen molar-refractivity contribution in [1.82, 2.24) is 15.3 Å². The molecule has 2 heterocycles. The Morgan fingerprint density at radius 3 is 2.79 bits per heavy atom. The van der Waals surface area contributed by atoms with Gasteiger partial charge in [-0.05, 0) is 38.6 Å². The maximum absolute atomic E-state index is 4.57. The van der Waals surface area contributed by atoms with Gasteiger partial charge in [-0.25, -0.2) is 4.98 Å². The van der Waals surface area contributed by atoms with Crippen molar-refractivity contribution in [1.29, 1.82) is 0 Å². The second-order valence-electron chi connectivity index (χ2n) is 5.93. The minimum absolute atomic E-state index is 0.591. The highest BCUT2D eigenvalue weighted by Gasteiger charge is 2.19. The molecule has 106 valence electrons. The minimum atomic E-state index is 0.591. The zero-order valence-corrected chi connectivity index (χ0v) is 12.4. The topological polar surface area (TPSA) is 41.1 Å². The average Bonchev–Trinajstić information content (AvgIpc) is 2.40. The third-order valence-corrected chi connectivity index (χ3v) is 3.65. The summed E-state index contributed by atoms with van der Waals surface area (Å²) < 4.78 is 0. The molecule has 1 unspecified atom stereocenters. The maximum Gasteiger partial charge on any atom is 0.147 e. The van der Waals surface area contributed by atoms with Gasteiger partial charge in [0.1, 0.15) is 5.82 Å². The molecule has 0 aliphatic carbocycles. The van der Waals surface area contributed by atoms with Gasteiger partial charge in [0.05, 0.1) is 18.1 Å². The highest BCUT2D eigenvalue weighted by atomic mass is 15.2. The summed E-state index contributed by atoms with van der Waals surface area (Å²) in [6.07, 6.45) is 7.70. The van der Waals surface area contributed by atoms with Gasteiger partial charge in [0.25, 0.3) is 0 Å². The van der Waals surface area contributed by atoms with Crippen LogP contribution in [0.1, 0.15) is 45.7 Å². The normalized spacial score (nSPS) is 20.0. The molecule has 0 spiro atoms. The van der Waals surface area contributed by atoms with E-state index in [4.69, 9.17) is 0 Å². The number of anilines is 1. The summed E-state index contributed by atoms with van der Waals surface area (Å²) in [7, 11) is 0. The summed E-state index contributed by atoms with van der Waals surface area (Å²) in [6.45, 7) is 9.63. The van der Waals surface area contributed by atoms with E-state index in [2.05, 4.69) is 41.0 Å². The predicted molar refractivity (Wildman–Crippen MR) is 79.2 cm³/mol. The Hall–Kier alpha value is -1.16. The van der Waals surface area contributed by atoms with Gasteiger partial charge >= 0.3 is 0 Å². The van der Waals surface area contributed by atoms with E-state index in [1.165, 1.54) is 19.3 Å². The molecule has 1 aliphatic heterocycles. The number of hydrogen-bond acceptors (Lipinski definition) is 4. The van der Waals surface area contributed by atoms with Crippen LogP contribution in [0.3, 0.4) is 0 Å². The molecule has 1 saturated heterocycles. The first-order valence-electron chi connectivity index (χ1n) is 7.45. The zero-order valence-electron chi connectivity index (χ0n) is 12.4. The quantitative estimate of drug-likeness (QED) is 0.885. The number of rotatable bonds is 5. The standard InChI is InChI=1S/C15H26N4/c1-12(2)8-16-9-14-10-18-15(11-17-14)19-7-5-4-6-13(19)3/h10-13,16H,4-9H2,1-3H3. The van der Waals surface area contributed by atoms with Crippen molar-refractivity contribution >= 4 is 5.82 Å². The van der Waals surface area contributed by atoms with Crippen LogP contribution in [-0.4, -0.2) is 29.1 Å². The first kappa shape index (κ1) is 14.3. The maximum atomic E-state index is 4.57. The third kappa shape index (κ3) is 4.16. The number of aromatic nitrogens is 2. The van der Waals surface area contributed by atoms with Gasteiger partial charge in [0, 0.05) is 19.1 Å². The van der Waals surface area contributed by atoms with Crippen LogP contribution >= 0.6 is 0 Å². The summed E-state index contributed by atoms with van der Waals surface area (Å²) in [6, 6.07) is 0.591. The largest absolute Gasteiger partial charge is 0.353 e. The minimum Gasteiger partial charge on any atom is -0.353 e. The molecule has 0 aromatic carbocycles. The van der Waals surface area contributed by atoms with Crippen LogP contribution in [0.2, 0.25) is 0 Å². The van der Waals surface area contributed by atoms with E-state index in [1.54, 1.807) is 0 Å². The van der Waals surface area contributed by atoms with Crippen LogP contribution in [0.5, 0.6) is 0 Å². The van der Waals surface area contributed by atoms with Crippen molar-refractivity contribution in [3.63, 3.8) is 0 Å². The lowest BCUT2D eigenvalue weighted by atomic mass is 10.0. The monoisotopic (exact) mass is 262 g/mol. The lowest BCUT2D eigenvalue weighted by molar-refractivity contribution is 0.480. The van der Waals surface area contributed by atoms with Gasteiger partial charge in [-0.2, -0.15) is 0 Å². The van der Waals surface area contributed by atoms with Crippen molar-refractivity contribution in [3.05, 3.63) is 18.1 Å². The van der Waals surface area contributed by atoms with E-state index in [9.17, 15) is 0 Å². The van der Waals surface area contributed by atoms with E-state index in [-0.39, 0.29) is 0 Å². The van der Waals surface area contributed by atoms with Crippen LogP contribution in [-0.2, 0) is 6.54 Å². The fourth-order valence-corrected chi connectivity index (χ4v) is 2.51. The lowest BCUT2D eigenvalue weighted by Gasteiger charge is -2.34. The molecule has 4 heteroatoms. The molecule has 2 rings (SSSR count). The molecule has 0 saturated carbocycles. The summed E-state index contributed by atoms with van der Waals surface area (Å²) in [5.41, 5.74) is 1.02. The Kier molecular flexibility index (Phi) is 5.14. The van der Waals surface area contributed by atoms with Crippen LogP contribution < -0.4 is 10.2 Å². The van der Waals surface area contributed by atoms with Gasteiger partial charge < -0.3 is 10.2 Å². The van der Waals surface area contributed by atoms with Crippen molar-refractivity contribution in [2.45, 2.75) is 52.6 Å². The van der Waals surface area contributed by atoms with E-state index >= 15 is 0 Å². The number of hydrogen-bond donors (Lipinski definition) is 1. The fraction of sp³-hybridized carbons (Fsp3) is 0.733. The van der Waals surface area contributed by atoms with E-state index in [0.717, 1.165) is 31.1 Å². The summed E-state index contributed by atoms with van der Waals surface area (Å²) in [5.74, 6) is 1.70. The van der Waals surface area contributed by atoms with Crippen molar-refractivity contribution in [2.75, 3.05) is 18.0 Å². The second kappa shape index (κ2) is 6.85. The van der Waals surface area contributed by atoms with Gasteiger partial charge in [-0.15, -0.1) is 0 Å². The van der Waals surface area contributed by atoms with E-state index in [1.807, 2.05) is 12.4 Å². The van der Waals surface area contributed by atoms with Crippen molar-refractivity contribution < 1.29 is 0 Å². The Morgan fingerprint density at radius 2 is 2.16 bits per heavy atom. The molecule has 0 bridgehead atoms. The van der Waals surface area contributed by atoms with Gasteiger partial charge in [0.15, 0.2) is 0 Å². The highest BCUT2D eigenvalue weighted by Crippen LogP contribution is 2.21. The average molecular weight is 262 g/mol. The molecule has 1 aliphatic rings. The SMILES string of the molecule is CC(C)CNCc1cnc(N2CCCCC2C)cn1. The van der Waals surface area contributed by atoms with Gasteiger partial charge in [0.2, 0.25) is 0 Å². The smallest absolute Gasteiger partial charge is 0.147 e. The molecule has 0 amide bonds. The summed E-state index contributed by atoms with van der Waals surface area (Å²) >= 11 is 0. The van der Waals surface area contributed by atoms with Crippen LogP contribution in [0, 0.1) is 5.92 Å². The fourth-order valence-electron chi connectivity index (χ4n) is 2.51. The molecule has 1 aromatic rings. The van der Waals surface area contributed by atoms with Gasteiger partial charge in [-0.1, -0.05) is 13.8 Å². The Balaban J connectivity index is 1.90. The molecule has 4 nitrogen and oxygen atoms in total. The third-order valence-electron chi connectivity index (χ3n) is 3.65. The zero-order chi connectivity index (χ0) is 13.7. The van der Waals surface area contributed by atoms with Crippen molar-refractivity contribution in [3.8, 4) is 0 Å². The molecular weight excluding hydrogens is 236 g/mol. The molecule has 1 fully saturated rings. The van der Waals surface area contributed by atoms with Crippen LogP contribution in [0.25, 0.3) is 0 Å². The van der Waals surface area contributed by atoms with Crippen LogP contribution in [0.4, 0.5) is 5.82 Å². The second-order valence-corrected chi connectivity index (χ2v) is 5.93. The predicted octanol–water partition coefficient (Wildman–Crippen LogP) is 2.60. The molecule has 1 N–H and O–H groups in total. The number of piperidine rings is 1. The lowest BCUT2D eigenvalue weighted by Crippen LogP contribution is -2.38. The first-order chi connectivity index (χ1) is 9.16. The van der Waals surface area contributed by atoms with E-state index in [0.29, 0.717) is 12.0 Å². The molecule has 19 heavy (non-hydrogen) atoms. The molecule has 1 aromatic heterocycles. The van der Waals surface area contributed by atoms with Crippen molar-refractivity contribution in [2.24, 2.45) is 5.92 Å². The van der Waals surface area contributed by atoms with Crippen LogP contribution in [0.15, 0.2) is 12.4 Å². The molecule has 1 atom stereocenters. The summed E-state index contributed by atoms with van der Waals surface area (Å²) in [4.78, 5) is 11.5. The summed E-state index contributed by atoms with van der Waals surface area (Å²) in [5, 5.41) is 3.39. The Bertz CT molecular complexity index is 374. The highest BCUT2D eigenvalue weighted by molar-refractivity contribution is 5.37. The molecular formula is C15H26N4. The first-order valence-corrected chi connectivity index (χ1v) is 7.45. The Morgan fingerprint density at radius 1 is 1.32 bits per heavy atom. The number of nitrogens with zero attached hydrogens (tertiary/aromatic N) is 3. The van der Waals surface area contributed by atoms with Gasteiger partial charge in [-0.3, -0.25) is 4.98 Å².